The first-order valence-electron chi connectivity index (χ1n) is 6.09. The van der Waals surface area contributed by atoms with Crippen molar-refractivity contribution in [3.05, 3.63) is 11.1 Å². The molecule has 0 aromatic carbocycles. The highest BCUT2D eigenvalue weighted by Gasteiger charge is 2.34. The normalized spacial score (nSPS) is 21.5. The van der Waals surface area contributed by atoms with Gasteiger partial charge in [-0.3, -0.25) is 4.79 Å². The summed E-state index contributed by atoms with van der Waals surface area (Å²) in [6.45, 7) is 11.5. The van der Waals surface area contributed by atoms with Crippen molar-refractivity contribution in [1.29, 1.82) is 0 Å². The molecule has 2 nitrogen and oxygen atoms in total. The third-order valence-corrected chi connectivity index (χ3v) is 4.36. The van der Waals surface area contributed by atoms with Gasteiger partial charge < -0.3 is 4.90 Å². The maximum atomic E-state index is 12.1. The van der Waals surface area contributed by atoms with Crippen LogP contribution in [0.3, 0.4) is 0 Å². The molecule has 0 aliphatic carbocycles. The minimum atomic E-state index is 0.240. The number of amides is 1. The van der Waals surface area contributed by atoms with E-state index in [9.17, 15) is 4.79 Å². The second kappa shape index (κ2) is 5.76. The standard InChI is InChI=1S/C13H23NOS/c1-6-16-13-11(5)10(4)12(15)14(13)8-7-9(2)3/h9,13H,6-8H2,1-5H3. The van der Waals surface area contributed by atoms with Gasteiger partial charge in [0.05, 0.1) is 5.37 Å². The van der Waals surface area contributed by atoms with E-state index >= 15 is 0 Å². The van der Waals surface area contributed by atoms with Crippen LogP contribution < -0.4 is 0 Å². The highest BCUT2D eigenvalue weighted by Crippen LogP contribution is 2.33. The molecule has 0 spiro atoms. The van der Waals surface area contributed by atoms with Crippen LogP contribution in [0.5, 0.6) is 0 Å². The van der Waals surface area contributed by atoms with E-state index in [1.54, 1.807) is 0 Å². The van der Waals surface area contributed by atoms with Crippen LogP contribution in [0.2, 0.25) is 0 Å². The fraction of sp³-hybridized carbons (Fsp3) is 0.769. The van der Waals surface area contributed by atoms with Crippen molar-refractivity contribution in [3.8, 4) is 0 Å². The zero-order valence-corrected chi connectivity index (χ0v) is 11.9. The van der Waals surface area contributed by atoms with Gasteiger partial charge in [-0.25, -0.2) is 0 Å². The molecule has 1 heterocycles. The molecule has 0 saturated heterocycles. The number of nitrogens with zero attached hydrogens (tertiary/aromatic N) is 1. The third kappa shape index (κ3) is 2.82. The maximum absolute atomic E-state index is 12.1. The Hall–Kier alpha value is -0.440. The lowest BCUT2D eigenvalue weighted by atomic mass is 10.1. The summed E-state index contributed by atoms with van der Waals surface area (Å²) >= 11 is 1.86. The van der Waals surface area contributed by atoms with E-state index in [0.717, 1.165) is 24.3 Å². The van der Waals surface area contributed by atoms with Crippen LogP contribution >= 0.6 is 11.8 Å². The first kappa shape index (κ1) is 13.6. The second-order valence-corrected chi connectivity index (χ2v) is 6.15. The summed E-state index contributed by atoms with van der Waals surface area (Å²) in [5.74, 6) is 1.95. The van der Waals surface area contributed by atoms with E-state index in [0.29, 0.717) is 5.92 Å². The van der Waals surface area contributed by atoms with Gasteiger partial charge in [-0.1, -0.05) is 20.8 Å². The Morgan fingerprint density at radius 1 is 1.38 bits per heavy atom. The molecule has 0 radical (unpaired) electrons. The lowest BCUT2D eigenvalue weighted by molar-refractivity contribution is -0.126. The topological polar surface area (TPSA) is 20.3 Å². The molecule has 0 aromatic heterocycles. The van der Waals surface area contributed by atoms with Crippen LogP contribution in [0.15, 0.2) is 11.1 Å². The predicted octanol–water partition coefficient (Wildman–Crippen LogP) is 3.29. The number of hydrogen-bond donors (Lipinski definition) is 0. The van der Waals surface area contributed by atoms with E-state index in [-0.39, 0.29) is 11.3 Å². The van der Waals surface area contributed by atoms with Gasteiger partial charge in [-0.05, 0) is 37.5 Å². The van der Waals surface area contributed by atoms with Crippen molar-refractivity contribution in [2.75, 3.05) is 12.3 Å². The number of carbonyl (C=O) groups excluding carboxylic acids is 1. The van der Waals surface area contributed by atoms with E-state index in [1.807, 2.05) is 23.6 Å². The maximum Gasteiger partial charge on any atom is 0.250 e. The van der Waals surface area contributed by atoms with Gasteiger partial charge >= 0.3 is 0 Å². The molecule has 1 atom stereocenters. The summed E-state index contributed by atoms with van der Waals surface area (Å²) in [5, 5.41) is 0.288. The average molecular weight is 241 g/mol. The third-order valence-electron chi connectivity index (χ3n) is 3.10. The number of hydrogen-bond acceptors (Lipinski definition) is 2. The van der Waals surface area contributed by atoms with Gasteiger partial charge in [0.15, 0.2) is 0 Å². The smallest absolute Gasteiger partial charge is 0.250 e. The Morgan fingerprint density at radius 3 is 2.50 bits per heavy atom. The van der Waals surface area contributed by atoms with Crippen LogP contribution in [-0.2, 0) is 4.79 Å². The van der Waals surface area contributed by atoms with Gasteiger partial charge in [0.25, 0.3) is 5.91 Å². The summed E-state index contributed by atoms with van der Waals surface area (Å²) in [4.78, 5) is 14.1. The Bertz CT molecular complexity index is 296. The fourth-order valence-corrected chi connectivity index (χ4v) is 3.02. The largest absolute Gasteiger partial charge is 0.323 e. The summed E-state index contributed by atoms with van der Waals surface area (Å²) in [6.07, 6.45) is 1.09. The second-order valence-electron chi connectivity index (χ2n) is 4.80. The van der Waals surface area contributed by atoms with Crippen molar-refractivity contribution in [1.82, 2.24) is 4.90 Å². The van der Waals surface area contributed by atoms with Gasteiger partial charge in [0, 0.05) is 12.1 Å². The first-order valence-corrected chi connectivity index (χ1v) is 7.13. The Kier molecular flexibility index (Phi) is 4.90. The van der Waals surface area contributed by atoms with Crippen LogP contribution in [0.25, 0.3) is 0 Å². The Balaban J connectivity index is 2.72. The lowest BCUT2D eigenvalue weighted by Gasteiger charge is -2.26. The first-order chi connectivity index (χ1) is 7.49. The molecule has 1 aliphatic rings. The van der Waals surface area contributed by atoms with E-state index in [4.69, 9.17) is 0 Å². The van der Waals surface area contributed by atoms with Gasteiger partial charge in [-0.2, -0.15) is 0 Å². The van der Waals surface area contributed by atoms with Crippen molar-refractivity contribution < 1.29 is 4.79 Å². The molecule has 1 unspecified atom stereocenters. The quantitative estimate of drug-likeness (QED) is 0.736. The molecule has 16 heavy (non-hydrogen) atoms. The summed E-state index contributed by atoms with van der Waals surface area (Å²) < 4.78 is 0. The molecule has 3 heteroatoms. The van der Waals surface area contributed by atoms with Gasteiger partial charge in [-0.15, -0.1) is 11.8 Å². The summed E-state index contributed by atoms with van der Waals surface area (Å²) in [7, 11) is 0. The van der Waals surface area contributed by atoms with E-state index in [2.05, 4.69) is 27.7 Å². The lowest BCUT2D eigenvalue weighted by Crippen LogP contribution is -2.35. The SMILES string of the molecule is CCSC1C(C)=C(C)C(=O)N1CCC(C)C. The van der Waals surface area contributed by atoms with Crippen LogP contribution in [0.1, 0.15) is 41.0 Å². The highest BCUT2D eigenvalue weighted by atomic mass is 32.2. The summed E-state index contributed by atoms with van der Waals surface area (Å²) in [6, 6.07) is 0. The Morgan fingerprint density at radius 2 is 2.00 bits per heavy atom. The minimum Gasteiger partial charge on any atom is -0.323 e. The molecule has 92 valence electrons. The molecule has 0 fully saturated rings. The molecular formula is C13H23NOS. The van der Waals surface area contributed by atoms with Crippen molar-refractivity contribution in [2.24, 2.45) is 5.92 Å². The molecule has 0 aromatic rings. The number of thioether (sulfide) groups is 1. The zero-order valence-electron chi connectivity index (χ0n) is 11.0. The molecule has 1 rings (SSSR count). The summed E-state index contributed by atoms with van der Waals surface area (Å²) in [5.41, 5.74) is 2.20. The fourth-order valence-electron chi connectivity index (χ4n) is 1.90. The van der Waals surface area contributed by atoms with Crippen LogP contribution in [-0.4, -0.2) is 28.5 Å². The molecule has 0 bridgehead atoms. The van der Waals surface area contributed by atoms with Gasteiger partial charge in [0.2, 0.25) is 0 Å². The number of rotatable bonds is 5. The van der Waals surface area contributed by atoms with Crippen molar-refractivity contribution in [3.63, 3.8) is 0 Å². The van der Waals surface area contributed by atoms with Gasteiger partial charge in [0.1, 0.15) is 0 Å². The number of carbonyl (C=O) groups is 1. The highest BCUT2D eigenvalue weighted by molar-refractivity contribution is 8.00. The van der Waals surface area contributed by atoms with E-state index < -0.39 is 0 Å². The molecule has 0 N–H and O–H groups in total. The predicted molar refractivity (Wildman–Crippen MR) is 71.5 cm³/mol. The monoisotopic (exact) mass is 241 g/mol. The average Bonchev–Trinajstić information content (AvgIpc) is 2.42. The van der Waals surface area contributed by atoms with Crippen LogP contribution in [0.4, 0.5) is 0 Å². The molecular weight excluding hydrogens is 218 g/mol. The van der Waals surface area contributed by atoms with E-state index in [1.165, 1.54) is 5.57 Å². The van der Waals surface area contributed by atoms with Crippen molar-refractivity contribution in [2.45, 2.75) is 46.4 Å². The molecule has 1 aliphatic heterocycles. The zero-order chi connectivity index (χ0) is 12.3. The Labute approximate surface area is 103 Å². The molecule has 0 saturated carbocycles. The van der Waals surface area contributed by atoms with Crippen molar-refractivity contribution >= 4 is 17.7 Å². The molecule has 1 amide bonds. The minimum absolute atomic E-state index is 0.240. The van der Waals surface area contributed by atoms with Crippen LogP contribution in [0, 0.1) is 5.92 Å².